The first kappa shape index (κ1) is 18.7. The van der Waals surface area contributed by atoms with Crippen molar-refractivity contribution in [2.45, 2.75) is 6.92 Å². The first-order valence-electron chi connectivity index (χ1n) is 9.53. The van der Waals surface area contributed by atoms with Crippen molar-refractivity contribution >= 4 is 27.9 Å². The number of aromatic nitrogens is 2. The SMILES string of the molecule is C/C(=C\Nc1ccc(-c2ccccc2)cn1)c1csc(N2CCN(C)CC2)n1. The first-order chi connectivity index (χ1) is 13.7. The third kappa shape index (κ3) is 4.40. The van der Waals surface area contributed by atoms with E-state index in [1.807, 2.05) is 36.7 Å². The molecule has 0 aliphatic carbocycles. The molecule has 0 atom stereocenters. The molecule has 0 spiro atoms. The van der Waals surface area contributed by atoms with Crippen LogP contribution in [-0.4, -0.2) is 48.1 Å². The molecule has 144 valence electrons. The van der Waals surface area contributed by atoms with Crippen molar-refractivity contribution < 1.29 is 0 Å². The van der Waals surface area contributed by atoms with Gasteiger partial charge in [-0.15, -0.1) is 11.3 Å². The Labute approximate surface area is 170 Å². The summed E-state index contributed by atoms with van der Waals surface area (Å²) in [6, 6.07) is 14.4. The summed E-state index contributed by atoms with van der Waals surface area (Å²) in [5.41, 5.74) is 4.41. The minimum Gasteiger partial charge on any atom is -0.346 e. The third-order valence-corrected chi connectivity index (χ3v) is 5.88. The number of allylic oxidation sites excluding steroid dienone is 1. The fraction of sp³-hybridized carbons (Fsp3) is 0.273. The van der Waals surface area contributed by atoms with Crippen molar-refractivity contribution in [3.8, 4) is 11.1 Å². The molecular formula is C22H25N5S. The molecule has 1 fully saturated rings. The zero-order valence-corrected chi connectivity index (χ0v) is 17.1. The summed E-state index contributed by atoms with van der Waals surface area (Å²) in [5, 5.41) is 6.53. The van der Waals surface area contributed by atoms with Crippen molar-refractivity contribution in [2.24, 2.45) is 0 Å². The number of piperazine rings is 1. The zero-order valence-electron chi connectivity index (χ0n) is 16.3. The number of benzene rings is 1. The highest BCUT2D eigenvalue weighted by atomic mass is 32.1. The largest absolute Gasteiger partial charge is 0.346 e. The van der Waals surface area contributed by atoms with Crippen LogP contribution in [-0.2, 0) is 0 Å². The number of pyridine rings is 1. The molecule has 1 aliphatic heterocycles. The van der Waals surface area contributed by atoms with E-state index in [4.69, 9.17) is 4.98 Å². The number of rotatable bonds is 5. The Kier molecular flexibility index (Phi) is 5.69. The molecule has 1 N–H and O–H groups in total. The fourth-order valence-corrected chi connectivity index (χ4v) is 4.06. The van der Waals surface area contributed by atoms with Gasteiger partial charge in [-0.1, -0.05) is 30.3 Å². The van der Waals surface area contributed by atoms with Gasteiger partial charge in [0.15, 0.2) is 5.13 Å². The second kappa shape index (κ2) is 8.54. The van der Waals surface area contributed by atoms with Gasteiger partial charge in [-0.2, -0.15) is 0 Å². The van der Waals surface area contributed by atoms with Crippen molar-refractivity contribution in [1.29, 1.82) is 0 Å². The van der Waals surface area contributed by atoms with E-state index < -0.39 is 0 Å². The van der Waals surface area contributed by atoms with Crippen molar-refractivity contribution in [2.75, 3.05) is 43.4 Å². The maximum atomic E-state index is 4.82. The highest BCUT2D eigenvalue weighted by Crippen LogP contribution is 2.25. The normalized spacial score (nSPS) is 15.6. The molecule has 0 saturated carbocycles. The molecule has 3 aromatic rings. The topological polar surface area (TPSA) is 44.3 Å². The maximum Gasteiger partial charge on any atom is 0.185 e. The van der Waals surface area contributed by atoms with Gasteiger partial charge in [0.1, 0.15) is 5.82 Å². The lowest BCUT2D eigenvalue weighted by atomic mass is 10.1. The standard InChI is InChI=1S/C22H25N5S/c1-17(20-16-28-22(25-20)27-12-10-26(2)11-13-27)14-23-21-9-8-19(15-24-21)18-6-4-3-5-7-18/h3-9,14-16H,10-13H2,1-2H3,(H,23,24)/b17-14+. The van der Waals surface area contributed by atoms with E-state index in [0.717, 1.165) is 54.0 Å². The monoisotopic (exact) mass is 391 g/mol. The lowest BCUT2D eigenvalue weighted by Gasteiger charge is -2.32. The Hall–Kier alpha value is -2.70. The van der Waals surface area contributed by atoms with Crippen LogP contribution in [0.2, 0.25) is 0 Å². The highest BCUT2D eigenvalue weighted by Gasteiger charge is 2.17. The molecule has 0 radical (unpaired) electrons. The third-order valence-electron chi connectivity index (χ3n) is 4.98. The second-order valence-electron chi connectivity index (χ2n) is 7.08. The van der Waals surface area contributed by atoms with Crippen LogP contribution in [0, 0.1) is 0 Å². The molecule has 2 aromatic heterocycles. The summed E-state index contributed by atoms with van der Waals surface area (Å²) in [5.74, 6) is 0.827. The molecule has 0 amide bonds. The first-order valence-corrected chi connectivity index (χ1v) is 10.4. The predicted octanol–water partition coefficient (Wildman–Crippen LogP) is 4.43. The van der Waals surface area contributed by atoms with Gasteiger partial charge in [-0.05, 0) is 37.2 Å². The minimum atomic E-state index is 0.827. The van der Waals surface area contributed by atoms with Crippen LogP contribution >= 0.6 is 11.3 Å². The zero-order chi connectivity index (χ0) is 19.3. The van der Waals surface area contributed by atoms with Crippen LogP contribution in [0.5, 0.6) is 0 Å². The minimum absolute atomic E-state index is 0.827. The highest BCUT2D eigenvalue weighted by molar-refractivity contribution is 7.13. The molecular weight excluding hydrogens is 366 g/mol. The van der Waals surface area contributed by atoms with E-state index in [0.29, 0.717) is 0 Å². The number of hydrogen-bond acceptors (Lipinski definition) is 6. The van der Waals surface area contributed by atoms with E-state index in [1.165, 1.54) is 5.56 Å². The number of likely N-dealkylation sites (N-methyl/N-ethyl adjacent to an activating group) is 1. The van der Waals surface area contributed by atoms with E-state index in [9.17, 15) is 0 Å². The maximum absolute atomic E-state index is 4.82. The number of nitrogens with one attached hydrogen (secondary N) is 1. The average Bonchev–Trinajstić information content (AvgIpc) is 3.24. The quantitative estimate of drug-likeness (QED) is 0.697. The van der Waals surface area contributed by atoms with Gasteiger partial charge in [-0.3, -0.25) is 0 Å². The van der Waals surface area contributed by atoms with Gasteiger partial charge in [0.05, 0.1) is 5.69 Å². The van der Waals surface area contributed by atoms with E-state index in [-0.39, 0.29) is 0 Å². The molecule has 5 nitrogen and oxygen atoms in total. The van der Waals surface area contributed by atoms with E-state index in [1.54, 1.807) is 11.3 Å². The van der Waals surface area contributed by atoms with Crippen molar-refractivity contribution in [1.82, 2.24) is 14.9 Å². The molecule has 0 bridgehead atoms. The molecule has 6 heteroatoms. The Balaban J connectivity index is 1.39. The second-order valence-corrected chi connectivity index (χ2v) is 7.91. The smallest absolute Gasteiger partial charge is 0.185 e. The fourth-order valence-electron chi connectivity index (χ4n) is 3.13. The van der Waals surface area contributed by atoms with Gasteiger partial charge in [-0.25, -0.2) is 9.97 Å². The molecule has 1 aromatic carbocycles. The number of thiazole rings is 1. The summed E-state index contributed by atoms with van der Waals surface area (Å²) >= 11 is 1.72. The van der Waals surface area contributed by atoms with Crippen LogP contribution in [0.25, 0.3) is 16.7 Å². The Morgan fingerprint density at radius 1 is 1.04 bits per heavy atom. The van der Waals surface area contributed by atoms with Gasteiger partial charge in [0.2, 0.25) is 0 Å². The van der Waals surface area contributed by atoms with Crippen LogP contribution < -0.4 is 10.2 Å². The number of nitrogens with zero attached hydrogens (tertiary/aromatic N) is 4. The van der Waals surface area contributed by atoms with Gasteiger partial charge in [0, 0.05) is 49.5 Å². The van der Waals surface area contributed by atoms with Gasteiger partial charge >= 0.3 is 0 Å². The lowest BCUT2D eigenvalue weighted by Crippen LogP contribution is -2.44. The lowest BCUT2D eigenvalue weighted by molar-refractivity contribution is 0.312. The van der Waals surface area contributed by atoms with E-state index >= 15 is 0 Å². The summed E-state index contributed by atoms with van der Waals surface area (Å²) < 4.78 is 0. The summed E-state index contributed by atoms with van der Waals surface area (Å²) in [4.78, 5) is 14.1. The number of hydrogen-bond donors (Lipinski definition) is 1. The summed E-state index contributed by atoms with van der Waals surface area (Å²) in [6.07, 6.45) is 3.88. The molecule has 0 unspecified atom stereocenters. The molecule has 1 saturated heterocycles. The summed E-state index contributed by atoms with van der Waals surface area (Å²) in [6.45, 7) is 6.35. The van der Waals surface area contributed by atoms with Crippen LogP contribution in [0.15, 0.2) is 60.2 Å². The Bertz CT molecular complexity index is 925. The average molecular weight is 392 g/mol. The molecule has 1 aliphatic rings. The predicted molar refractivity (Wildman–Crippen MR) is 119 cm³/mol. The number of anilines is 2. The van der Waals surface area contributed by atoms with Gasteiger partial charge < -0.3 is 15.1 Å². The molecule has 3 heterocycles. The Morgan fingerprint density at radius 2 is 1.82 bits per heavy atom. The van der Waals surface area contributed by atoms with Crippen LogP contribution in [0.3, 0.4) is 0 Å². The Morgan fingerprint density at radius 3 is 2.54 bits per heavy atom. The molecule has 28 heavy (non-hydrogen) atoms. The molecule has 4 rings (SSSR count). The van der Waals surface area contributed by atoms with E-state index in [2.05, 4.69) is 57.7 Å². The van der Waals surface area contributed by atoms with Crippen LogP contribution in [0.1, 0.15) is 12.6 Å². The van der Waals surface area contributed by atoms with Crippen molar-refractivity contribution in [3.63, 3.8) is 0 Å². The summed E-state index contributed by atoms with van der Waals surface area (Å²) in [7, 11) is 2.17. The van der Waals surface area contributed by atoms with Crippen LogP contribution in [0.4, 0.5) is 10.9 Å². The van der Waals surface area contributed by atoms with Gasteiger partial charge in [0.25, 0.3) is 0 Å². The van der Waals surface area contributed by atoms with Crippen molar-refractivity contribution in [3.05, 3.63) is 65.9 Å².